The fraction of sp³-hybridized carbons (Fsp3) is 0.803. The molecule has 0 amide bonds. The molecule has 0 fully saturated rings. The van der Waals surface area contributed by atoms with Gasteiger partial charge in [0.25, 0.3) is 0 Å². The van der Waals surface area contributed by atoms with Crippen molar-refractivity contribution in [1.29, 1.82) is 0 Å². The SMILES string of the molecule is CC/C=C\C/C=C\C/C=C\C/C=C\CCCCCCCCCCCCCCCCCCCCC(=O)OCC(COC(=O)CCCCCCC/C=C\CCCCC)OC(=O)CCCCCCCCCCC/C=C\CCCCCCCCCC. The highest BCUT2D eigenvalue weighted by Gasteiger charge is 2.19. The van der Waals surface area contributed by atoms with Crippen LogP contribution in [0.25, 0.3) is 0 Å². The smallest absolute Gasteiger partial charge is 0.306 e. The van der Waals surface area contributed by atoms with Crippen LogP contribution in [0.15, 0.2) is 72.9 Å². The van der Waals surface area contributed by atoms with E-state index in [1.54, 1.807) is 0 Å². The minimum absolute atomic E-state index is 0.0743. The Kier molecular flexibility index (Phi) is 67.6. The van der Waals surface area contributed by atoms with E-state index in [4.69, 9.17) is 14.2 Å². The average Bonchev–Trinajstić information content (AvgIpc) is 3.47. The summed E-state index contributed by atoms with van der Waals surface area (Å²) < 4.78 is 17.0. The van der Waals surface area contributed by atoms with E-state index in [1.807, 2.05) is 0 Å². The van der Waals surface area contributed by atoms with Crippen LogP contribution in [-0.2, 0) is 28.6 Å². The molecule has 0 heterocycles. The first-order valence-electron chi connectivity index (χ1n) is 35.9. The van der Waals surface area contributed by atoms with Crippen LogP contribution in [0, 0.1) is 0 Å². The Morgan fingerprint density at radius 3 is 0.780 bits per heavy atom. The van der Waals surface area contributed by atoms with Gasteiger partial charge < -0.3 is 14.2 Å². The fourth-order valence-corrected chi connectivity index (χ4v) is 10.5. The zero-order valence-corrected chi connectivity index (χ0v) is 54.8. The molecule has 6 heteroatoms. The van der Waals surface area contributed by atoms with Crippen LogP contribution in [0.2, 0.25) is 0 Å². The van der Waals surface area contributed by atoms with Gasteiger partial charge in [-0.1, -0.05) is 318 Å². The number of esters is 3. The largest absolute Gasteiger partial charge is 0.462 e. The van der Waals surface area contributed by atoms with Gasteiger partial charge in [0, 0.05) is 19.3 Å². The van der Waals surface area contributed by atoms with Gasteiger partial charge in [-0.05, 0) is 109 Å². The van der Waals surface area contributed by atoms with E-state index in [-0.39, 0.29) is 31.1 Å². The zero-order valence-electron chi connectivity index (χ0n) is 54.8. The Bertz CT molecular complexity index is 1500. The summed E-state index contributed by atoms with van der Waals surface area (Å²) in [6.07, 6.45) is 92.3. The van der Waals surface area contributed by atoms with Gasteiger partial charge in [-0.15, -0.1) is 0 Å². The summed E-state index contributed by atoms with van der Waals surface area (Å²) in [7, 11) is 0. The van der Waals surface area contributed by atoms with Gasteiger partial charge in [0.15, 0.2) is 6.10 Å². The number of hydrogen-bond donors (Lipinski definition) is 0. The second kappa shape index (κ2) is 70.3. The molecule has 0 aromatic carbocycles. The fourth-order valence-electron chi connectivity index (χ4n) is 10.5. The molecule has 0 spiro atoms. The van der Waals surface area contributed by atoms with Crippen molar-refractivity contribution in [3.63, 3.8) is 0 Å². The number of allylic oxidation sites excluding steroid dienone is 12. The molecule has 1 atom stereocenters. The van der Waals surface area contributed by atoms with Gasteiger partial charge in [-0.3, -0.25) is 14.4 Å². The maximum atomic E-state index is 12.9. The minimum atomic E-state index is -0.779. The summed E-state index contributed by atoms with van der Waals surface area (Å²) in [6.45, 7) is 6.55. The van der Waals surface area contributed by atoms with E-state index in [9.17, 15) is 14.4 Å². The lowest BCUT2D eigenvalue weighted by molar-refractivity contribution is -0.167. The van der Waals surface area contributed by atoms with Crippen molar-refractivity contribution < 1.29 is 28.6 Å². The molecule has 82 heavy (non-hydrogen) atoms. The van der Waals surface area contributed by atoms with E-state index >= 15 is 0 Å². The molecule has 0 aliphatic rings. The number of carbonyl (C=O) groups excluding carboxylic acids is 3. The van der Waals surface area contributed by atoms with Crippen molar-refractivity contribution in [3.05, 3.63) is 72.9 Å². The van der Waals surface area contributed by atoms with E-state index in [1.165, 1.54) is 244 Å². The zero-order chi connectivity index (χ0) is 59.2. The van der Waals surface area contributed by atoms with Crippen LogP contribution < -0.4 is 0 Å². The van der Waals surface area contributed by atoms with Crippen molar-refractivity contribution in [1.82, 2.24) is 0 Å². The van der Waals surface area contributed by atoms with Gasteiger partial charge >= 0.3 is 17.9 Å². The Labute approximate surface area is 510 Å². The number of unbranched alkanes of at least 4 members (excludes halogenated alkanes) is 43. The molecule has 476 valence electrons. The highest BCUT2D eigenvalue weighted by Crippen LogP contribution is 2.18. The standard InChI is InChI=1S/C76H136O6/c1-4-7-10-13-16-19-22-25-27-29-31-33-34-35-36-37-38-39-40-41-42-44-45-47-49-51-54-57-60-63-66-69-75(78)81-72-73(71-80-74(77)68-65-62-59-56-53-24-21-18-15-12-9-6-3)82-76(79)70-67-64-61-58-55-52-50-48-46-43-32-30-28-26-23-20-17-14-11-8-5-2/h7,10,16,18-19,21,25,27,30-33,73H,4-6,8-9,11-15,17,20,22-24,26,28-29,34-72H2,1-3H3/b10-7-,19-16-,21-18-,27-25-,32-30-,33-31-. The maximum absolute atomic E-state index is 12.9. The Morgan fingerprint density at radius 1 is 0.256 bits per heavy atom. The monoisotopic (exact) mass is 1150 g/mol. The van der Waals surface area contributed by atoms with Crippen LogP contribution in [-0.4, -0.2) is 37.2 Å². The summed E-state index contributed by atoms with van der Waals surface area (Å²) in [5.41, 5.74) is 0. The first-order valence-corrected chi connectivity index (χ1v) is 35.9. The van der Waals surface area contributed by atoms with Crippen molar-refractivity contribution in [2.75, 3.05) is 13.2 Å². The van der Waals surface area contributed by atoms with E-state index < -0.39 is 6.10 Å². The number of rotatable bonds is 66. The quantitative estimate of drug-likeness (QED) is 0.0261. The van der Waals surface area contributed by atoms with E-state index in [2.05, 4.69) is 93.7 Å². The highest BCUT2D eigenvalue weighted by molar-refractivity contribution is 5.71. The average molecular weight is 1150 g/mol. The molecule has 0 N–H and O–H groups in total. The molecule has 0 radical (unpaired) electrons. The lowest BCUT2D eigenvalue weighted by atomic mass is 10.0. The van der Waals surface area contributed by atoms with Crippen molar-refractivity contribution in [2.24, 2.45) is 0 Å². The van der Waals surface area contributed by atoms with E-state index in [0.29, 0.717) is 19.3 Å². The minimum Gasteiger partial charge on any atom is -0.462 e. The lowest BCUT2D eigenvalue weighted by Crippen LogP contribution is -2.30. The molecule has 0 bridgehead atoms. The molecule has 0 rings (SSSR count). The predicted octanol–water partition coefficient (Wildman–Crippen LogP) is 24.8. The molecule has 0 aliphatic carbocycles. The summed E-state index contributed by atoms with van der Waals surface area (Å²) >= 11 is 0. The molecule has 0 saturated carbocycles. The van der Waals surface area contributed by atoms with Gasteiger partial charge in [0.1, 0.15) is 13.2 Å². The first-order chi connectivity index (χ1) is 40.5. The van der Waals surface area contributed by atoms with Crippen molar-refractivity contribution in [3.8, 4) is 0 Å². The second-order valence-electron chi connectivity index (χ2n) is 24.1. The summed E-state index contributed by atoms with van der Waals surface area (Å²) in [5.74, 6) is -0.864. The predicted molar refractivity (Wildman–Crippen MR) is 358 cm³/mol. The van der Waals surface area contributed by atoms with Crippen molar-refractivity contribution in [2.45, 2.75) is 380 Å². The van der Waals surface area contributed by atoms with Crippen LogP contribution >= 0.6 is 0 Å². The van der Waals surface area contributed by atoms with Gasteiger partial charge in [-0.25, -0.2) is 0 Å². The van der Waals surface area contributed by atoms with Gasteiger partial charge in [-0.2, -0.15) is 0 Å². The molecule has 0 aliphatic heterocycles. The summed E-state index contributed by atoms with van der Waals surface area (Å²) in [5, 5.41) is 0. The molecular formula is C76H136O6. The van der Waals surface area contributed by atoms with Crippen molar-refractivity contribution >= 4 is 17.9 Å². The van der Waals surface area contributed by atoms with Crippen LogP contribution in [0.5, 0.6) is 0 Å². The molecule has 0 saturated heterocycles. The third-order valence-electron chi connectivity index (χ3n) is 15.9. The third kappa shape index (κ3) is 67.6. The number of hydrogen-bond acceptors (Lipinski definition) is 6. The molecular weight excluding hydrogens is 1010 g/mol. The Balaban J connectivity index is 4.17. The van der Waals surface area contributed by atoms with Crippen LogP contribution in [0.1, 0.15) is 374 Å². The highest BCUT2D eigenvalue weighted by atomic mass is 16.6. The Hall–Kier alpha value is -3.15. The lowest BCUT2D eigenvalue weighted by Gasteiger charge is -2.18. The Morgan fingerprint density at radius 2 is 0.476 bits per heavy atom. The van der Waals surface area contributed by atoms with Gasteiger partial charge in [0.05, 0.1) is 0 Å². The third-order valence-corrected chi connectivity index (χ3v) is 15.9. The van der Waals surface area contributed by atoms with Crippen LogP contribution in [0.4, 0.5) is 0 Å². The van der Waals surface area contributed by atoms with Gasteiger partial charge in [0.2, 0.25) is 0 Å². The molecule has 6 nitrogen and oxygen atoms in total. The maximum Gasteiger partial charge on any atom is 0.306 e. The summed E-state index contributed by atoms with van der Waals surface area (Å²) in [4.78, 5) is 38.4. The number of ether oxygens (including phenoxy) is 3. The first kappa shape index (κ1) is 78.8. The normalized spacial score (nSPS) is 12.5. The molecule has 0 aromatic heterocycles. The summed E-state index contributed by atoms with van der Waals surface area (Å²) in [6, 6.07) is 0. The second-order valence-corrected chi connectivity index (χ2v) is 24.1. The number of carbonyl (C=O) groups is 3. The topological polar surface area (TPSA) is 78.9 Å². The molecule has 0 aromatic rings. The van der Waals surface area contributed by atoms with E-state index in [0.717, 1.165) is 89.9 Å². The molecule has 1 unspecified atom stereocenters. The van der Waals surface area contributed by atoms with Crippen LogP contribution in [0.3, 0.4) is 0 Å².